The van der Waals surface area contributed by atoms with E-state index in [-0.39, 0.29) is 28.1 Å². The fourth-order valence-electron chi connectivity index (χ4n) is 4.69. The molecule has 1 amide bonds. The number of fused-ring (bicyclic) bond motifs is 1. The Bertz CT molecular complexity index is 1430. The van der Waals surface area contributed by atoms with E-state index in [9.17, 15) is 27.6 Å². The number of hydrogen-bond donors (Lipinski definition) is 2. The third kappa shape index (κ3) is 6.86. The van der Waals surface area contributed by atoms with Crippen LogP contribution >= 0.6 is 0 Å². The highest BCUT2D eigenvalue weighted by Crippen LogP contribution is 2.42. The minimum atomic E-state index is -5.32. The number of ketones is 1. The molecule has 1 unspecified atom stereocenters. The number of anilines is 1. The van der Waals surface area contributed by atoms with Crippen molar-refractivity contribution in [3.05, 3.63) is 52.1 Å². The maximum absolute atomic E-state index is 13.8. The highest BCUT2D eigenvalue weighted by Gasteiger charge is 2.47. The average Bonchev–Trinajstić information content (AvgIpc) is 3.18. The Morgan fingerprint density at radius 3 is 2.26 bits per heavy atom. The molecule has 13 heteroatoms. The second kappa shape index (κ2) is 12.5. The predicted octanol–water partition coefficient (Wildman–Crippen LogP) is 4.84. The van der Waals surface area contributed by atoms with Gasteiger partial charge in [0.2, 0.25) is 6.23 Å². The summed E-state index contributed by atoms with van der Waals surface area (Å²) in [6.07, 6.45) is -6.39. The van der Waals surface area contributed by atoms with Gasteiger partial charge in [0.25, 0.3) is 5.91 Å². The summed E-state index contributed by atoms with van der Waals surface area (Å²) in [6, 6.07) is 5.84. The molecule has 1 heterocycles. The quantitative estimate of drug-likeness (QED) is 0.291. The Hall–Kier alpha value is -4.29. The number of ether oxygens (including phenoxy) is 3. The Morgan fingerprint density at radius 2 is 1.74 bits per heavy atom. The third-order valence-electron chi connectivity index (χ3n) is 6.83. The fourth-order valence-corrected chi connectivity index (χ4v) is 4.69. The van der Waals surface area contributed by atoms with Gasteiger partial charge >= 0.3 is 12.1 Å². The first-order valence-electron chi connectivity index (χ1n) is 13.5. The standard InChI is InChI=1S/C30H37F3N4O6/c1-9-10-42-23-12-16(11-20(24(23)41-8)29(2,3)4)22(38)15-37-25(34)17-13-19(26(39)35-5)21(36(6)7)14-18(17)27(37)43-28(40)30(31,32)33/h11-14,27,34H,9-10,15H2,1-8H3,(H,35,39). The van der Waals surface area contributed by atoms with Gasteiger partial charge in [0.05, 0.1) is 25.8 Å². The van der Waals surface area contributed by atoms with Crippen LogP contribution in [0.25, 0.3) is 0 Å². The van der Waals surface area contributed by atoms with E-state index < -0.39 is 42.0 Å². The lowest BCUT2D eigenvalue weighted by Crippen LogP contribution is -2.38. The molecule has 2 aromatic carbocycles. The molecule has 10 nitrogen and oxygen atoms in total. The first-order valence-corrected chi connectivity index (χ1v) is 13.5. The van der Waals surface area contributed by atoms with Crippen LogP contribution in [0.4, 0.5) is 18.9 Å². The number of Topliss-reactive ketones (excluding diaryl/α,β-unsaturated/α-hetero) is 1. The van der Waals surface area contributed by atoms with Crippen LogP contribution in [0.2, 0.25) is 0 Å². The number of nitrogens with zero attached hydrogens (tertiary/aromatic N) is 2. The van der Waals surface area contributed by atoms with Crippen LogP contribution in [-0.4, -0.2) is 76.0 Å². The number of halogens is 3. The molecule has 1 aliphatic rings. The molecule has 0 radical (unpaired) electrons. The second-order valence-corrected chi connectivity index (χ2v) is 11.2. The molecule has 1 aliphatic heterocycles. The molecule has 0 aromatic heterocycles. The molecule has 3 rings (SSSR count). The molecule has 0 spiro atoms. The summed E-state index contributed by atoms with van der Waals surface area (Å²) in [5.74, 6) is -3.15. The first kappa shape index (κ1) is 33.2. The summed E-state index contributed by atoms with van der Waals surface area (Å²) < 4.78 is 56.3. The number of methoxy groups -OCH3 is 1. The molecule has 1 atom stereocenters. The molecule has 2 N–H and O–H groups in total. The topological polar surface area (TPSA) is 121 Å². The van der Waals surface area contributed by atoms with Crippen LogP contribution in [-0.2, 0) is 14.9 Å². The molecular weight excluding hydrogens is 569 g/mol. The Kier molecular flexibility index (Phi) is 9.67. The molecule has 0 aliphatic carbocycles. The number of hydrogen-bond acceptors (Lipinski definition) is 8. The van der Waals surface area contributed by atoms with Crippen molar-refractivity contribution in [2.45, 2.75) is 51.9 Å². The van der Waals surface area contributed by atoms with Gasteiger partial charge < -0.3 is 29.3 Å². The summed E-state index contributed by atoms with van der Waals surface area (Å²) in [4.78, 5) is 40.9. The van der Waals surface area contributed by atoms with Crippen molar-refractivity contribution < 1.29 is 41.8 Å². The smallest absolute Gasteiger partial charge is 0.491 e. The van der Waals surface area contributed by atoms with Crippen LogP contribution in [0.3, 0.4) is 0 Å². The molecule has 43 heavy (non-hydrogen) atoms. The van der Waals surface area contributed by atoms with E-state index >= 15 is 0 Å². The molecule has 0 fully saturated rings. The lowest BCUT2D eigenvalue weighted by Gasteiger charge is -2.27. The first-order chi connectivity index (χ1) is 20.0. The van der Waals surface area contributed by atoms with Gasteiger partial charge in [0.1, 0.15) is 5.84 Å². The Labute approximate surface area is 248 Å². The average molecular weight is 607 g/mol. The Morgan fingerprint density at radius 1 is 1.09 bits per heavy atom. The van der Waals surface area contributed by atoms with Crippen LogP contribution in [0, 0.1) is 5.41 Å². The lowest BCUT2D eigenvalue weighted by molar-refractivity contribution is -0.210. The van der Waals surface area contributed by atoms with Crippen molar-refractivity contribution in [3.63, 3.8) is 0 Å². The number of carbonyl (C=O) groups is 3. The fraction of sp³-hybridized carbons (Fsp3) is 0.467. The van der Waals surface area contributed by atoms with Crippen molar-refractivity contribution in [3.8, 4) is 11.5 Å². The van der Waals surface area contributed by atoms with Gasteiger partial charge in [-0.3, -0.25) is 15.0 Å². The van der Waals surface area contributed by atoms with Crippen molar-refractivity contribution in [1.82, 2.24) is 10.2 Å². The molecule has 0 bridgehead atoms. The number of nitrogens with one attached hydrogen (secondary N) is 2. The zero-order valence-electron chi connectivity index (χ0n) is 25.5. The summed E-state index contributed by atoms with van der Waals surface area (Å²) in [5, 5.41) is 11.3. The number of benzene rings is 2. The number of carbonyl (C=O) groups excluding carboxylic acids is 3. The van der Waals surface area contributed by atoms with Crippen molar-refractivity contribution in [2.24, 2.45) is 0 Å². The summed E-state index contributed by atoms with van der Waals surface area (Å²) in [5.41, 5.74) is 0.895. The molecular formula is C30H37F3N4O6. The van der Waals surface area contributed by atoms with E-state index in [1.807, 2.05) is 27.7 Å². The van der Waals surface area contributed by atoms with Gasteiger partial charge in [-0.25, -0.2) is 4.79 Å². The van der Waals surface area contributed by atoms with E-state index in [2.05, 4.69) is 5.32 Å². The number of amides is 1. The maximum Gasteiger partial charge on any atom is 0.491 e. The van der Waals surface area contributed by atoms with Crippen LogP contribution in [0.5, 0.6) is 11.5 Å². The summed E-state index contributed by atoms with van der Waals surface area (Å²) >= 11 is 0. The SMILES string of the molecule is CCCOc1cc(C(=O)CN2C(=N)c3cc(C(=O)NC)c(N(C)C)cc3C2OC(=O)C(F)(F)F)cc(C(C)(C)C)c1OC. The monoisotopic (exact) mass is 606 g/mol. The molecule has 0 saturated heterocycles. The van der Waals surface area contributed by atoms with Crippen molar-refractivity contribution >= 4 is 29.2 Å². The van der Waals surface area contributed by atoms with Gasteiger partial charge in [-0.2, -0.15) is 13.2 Å². The largest absolute Gasteiger partial charge is 0.493 e. The zero-order chi connectivity index (χ0) is 32.4. The van der Waals surface area contributed by atoms with Crippen LogP contribution in [0.1, 0.15) is 77.8 Å². The number of esters is 1. The van der Waals surface area contributed by atoms with Crippen LogP contribution < -0.4 is 19.7 Å². The van der Waals surface area contributed by atoms with E-state index in [1.54, 1.807) is 25.1 Å². The normalized spacial score (nSPS) is 14.7. The number of alkyl halides is 3. The number of amidine groups is 1. The highest BCUT2D eigenvalue weighted by atomic mass is 19.4. The van der Waals surface area contributed by atoms with E-state index in [1.165, 1.54) is 32.4 Å². The van der Waals surface area contributed by atoms with Gasteiger partial charge in [0, 0.05) is 49.1 Å². The van der Waals surface area contributed by atoms with E-state index in [4.69, 9.17) is 19.6 Å². The van der Waals surface area contributed by atoms with E-state index in [0.29, 0.717) is 35.8 Å². The van der Waals surface area contributed by atoms with Gasteiger partial charge in [-0.15, -0.1) is 0 Å². The molecule has 2 aromatic rings. The number of rotatable bonds is 10. The maximum atomic E-state index is 13.8. The van der Waals surface area contributed by atoms with Gasteiger partial charge in [0.15, 0.2) is 17.3 Å². The van der Waals surface area contributed by atoms with Gasteiger partial charge in [-0.05, 0) is 36.1 Å². The van der Waals surface area contributed by atoms with Crippen LogP contribution in [0.15, 0.2) is 24.3 Å². The van der Waals surface area contributed by atoms with Crippen molar-refractivity contribution in [1.29, 1.82) is 5.41 Å². The van der Waals surface area contributed by atoms with Gasteiger partial charge in [-0.1, -0.05) is 27.7 Å². The third-order valence-corrected chi connectivity index (χ3v) is 6.83. The van der Waals surface area contributed by atoms with E-state index in [0.717, 1.165) is 4.90 Å². The summed E-state index contributed by atoms with van der Waals surface area (Å²) in [7, 11) is 6.16. The minimum Gasteiger partial charge on any atom is -0.493 e. The van der Waals surface area contributed by atoms with Crippen molar-refractivity contribution in [2.75, 3.05) is 46.3 Å². The molecule has 234 valence electrons. The zero-order valence-corrected chi connectivity index (χ0v) is 25.5. The highest BCUT2D eigenvalue weighted by molar-refractivity contribution is 6.09. The lowest BCUT2D eigenvalue weighted by atomic mass is 9.84. The Balaban J connectivity index is 2.14. The summed E-state index contributed by atoms with van der Waals surface area (Å²) in [6.45, 7) is 7.43. The predicted molar refractivity (Wildman–Crippen MR) is 154 cm³/mol. The molecule has 0 saturated carbocycles. The minimum absolute atomic E-state index is 0.0313. The second-order valence-electron chi connectivity index (χ2n) is 11.2.